The maximum atomic E-state index is 12.2. The molecule has 0 amide bonds. The largest absolute Gasteiger partial charge is 0.442 e. The van der Waals surface area contributed by atoms with Crippen LogP contribution in [-0.2, 0) is 9.47 Å². The van der Waals surface area contributed by atoms with Gasteiger partial charge < -0.3 is 31.2 Å². The van der Waals surface area contributed by atoms with Gasteiger partial charge in [-0.05, 0) is 106 Å². The number of ether oxygens (including phenoxy) is 2. The van der Waals surface area contributed by atoms with Crippen molar-refractivity contribution in [3.63, 3.8) is 0 Å². The molecule has 56 heavy (non-hydrogen) atoms. The standard InChI is InChI=1S/C16H16ClN5O2.C15H14N4.C4H9NO.C3H6F3N/c1-16(2,3)24-15(23)22-12-5-4-11(8-10(12)9-19-22)20-13-6-7-18-14(17)21-13;1-11-17-9-7-15(18-11)19-14-4-2-12(3-5-14)13-6-8-16-10-13;5-4-1-2-6-3-4;1-7-2-3(4,5)6/h4-9H,1-3H3,(H,18,20,21);2-7,9-10H,8H2,1H3,(H,17,18,19);4H,1-3,5H2;7H,2H2,1H3. The zero-order valence-corrected chi connectivity index (χ0v) is 32.4. The molecule has 2 aliphatic rings. The molecule has 1 atom stereocenters. The smallest absolute Gasteiger partial charge is 0.435 e. The van der Waals surface area contributed by atoms with Gasteiger partial charge in [0.1, 0.15) is 23.1 Å². The predicted octanol–water partition coefficient (Wildman–Crippen LogP) is 7.51. The van der Waals surface area contributed by atoms with Gasteiger partial charge in [-0.2, -0.15) is 23.0 Å². The highest BCUT2D eigenvalue weighted by Gasteiger charge is 2.25. The number of alkyl halides is 3. The number of benzene rings is 2. The van der Waals surface area contributed by atoms with Crippen molar-refractivity contribution >= 4 is 63.4 Å². The van der Waals surface area contributed by atoms with E-state index >= 15 is 0 Å². The highest BCUT2D eigenvalue weighted by Crippen LogP contribution is 2.23. The van der Waals surface area contributed by atoms with Crippen molar-refractivity contribution in [3.8, 4) is 0 Å². The molecular formula is C38H45ClF3N11O3. The zero-order valence-electron chi connectivity index (χ0n) is 31.6. The molecule has 2 aliphatic heterocycles. The van der Waals surface area contributed by atoms with Crippen LogP contribution in [-0.4, -0.2) is 93.2 Å². The fraction of sp³-hybridized carbons (Fsp3) is 0.342. The monoisotopic (exact) mass is 795 g/mol. The third-order valence-electron chi connectivity index (χ3n) is 7.29. The molecule has 0 spiro atoms. The highest BCUT2D eigenvalue weighted by molar-refractivity contribution is 6.28. The molecule has 5 aromatic rings. The SMILES string of the molecule is CC(C)(C)OC(=O)n1ncc2cc(Nc3ccnc(Cl)n3)ccc21.CNCC(F)(F)F.Cc1nccc(Nc2ccc(C3=CCN=C3)cc2)n1.NC1CCOC1. The lowest BCUT2D eigenvalue weighted by molar-refractivity contribution is -0.123. The fourth-order valence-electron chi connectivity index (χ4n) is 4.83. The van der Waals surface area contributed by atoms with Gasteiger partial charge in [0.25, 0.3) is 0 Å². The number of carbonyl (C=O) groups is 1. The molecular weight excluding hydrogens is 751 g/mol. The van der Waals surface area contributed by atoms with Gasteiger partial charge in [-0.1, -0.05) is 18.2 Å². The Morgan fingerprint density at radius 2 is 1.68 bits per heavy atom. The van der Waals surface area contributed by atoms with Crippen molar-refractivity contribution in [1.29, 1.82) is 0 Å². The average molecular weight is 796 g/mol. The van der Waals surface area contributed by atoms with E-state index in [0.717, 1.165) is 54.6 Å². The van der Waals surface area contributed by atoms with E-state index in [1.165, 1.54) is 22.9 Å². The van der Waals surface area contributed by atoms with Crippen LogP contribution >= 0.6 is 11.6 Å². The Morgan fingerprint density at radius 3 is 2.21 bits per heavy atom. The van der Waals surface area contributed by atoms with E-state index < -0.39 is 24.4 Å². The van der Waals surface area contributed by atoms with E-state index in [9.17, 15) is 18.0 Å². The molecule has 5 N–H and O–H groups in total. The molecule has 1 fully saturated rings. The molecule has 1 unspecified atom stereocenters. The van der Waals surface area contributed by atoms with Gasteiger partial charge in [-0.25, -0.2) is 24.7 Å². The van der Waals surface area contributed by atoms with E-state index in [4.69, 9.17) is 26.8 Å². The lowest BCUT2D eigenvalue weighted by Crippen LogP contribution is -2.27. The Bertz CT molecular complexity index is 2080. The summed E-state index contributed by atoms with van der Waals surface area (Å²) >= 11 is 5.77. The number of aromatic nitrogens is 6. The summed E-state index contributed by atoms with van der Waals surface area (Å²) in [6, 6.07) is 17.6. The third kappa shape index (κ3) is 15.0. The Labute approximate surface area is 327 Å². The number of nitrogens with zero attached hydrogens (tertiary/aromatic N) is 7. The number of hydrogen-bond acceptors (Lipinski definition) is 13. The van der Waals surface area contributed by atoms with Crippen LogP contribution in [0.1, 0.15) is 38.6 Å². The van der Waals surface area contributed by atoms with Crippen molar-refractivity contribution in [3.05, 3.63) is 95.9 Å². The Balaban J connectivity index is 0.000000191. The minimum Gasteiger partial charge on any atom is -0.442 e. The number of rotatable bonds is 6. The number of anilines is 4. The molecule has 14 nitrogen and oxygen atoms in total. The number of allylic oxidation sites excluding steroid dienone is 1. The summed E-state index contributed by atoms with van der Waals surface area (Å²) in [5.74, 6) is 2.14. The third-order valence-corrected chi connectivity index (χ3v) is 7.47. The summed E-state index contributed by atoms with van der Waals surface area (Å²) < 4.78 is 44.5. The van der Waals surface area contributed by atoms with Crippen molar-refractivity contribution in [2.75, 3.05) is 44.0 Å². The molecule has 0 bridgehead atoms. The van der Waals surface area contributed by atoms with E-state index in [1.54, 1.807) is 30.7 Å². The summed E-state index contributed by atoms with van der Waals surface area (Å²) in [5.41, 5.74) is 9.67. The second-order valence-electron chi connectivity index (χ2n) is 13.3. The van der Waals surface area contributed by atoms with Crippen LogP contribution in [0.5, 0.6) is 0 Å². The Hall–Kier alpha value is -5.49. The Morgan fingerprint density at radius 1 is 1.00 bits per heavy atom. The predicted molar refractivity (Wildman–Crippen MR) is 213 cm³/mol. The fourth-order valence-corrected chi connectivity index (χ4v) is 4.98. The van der Waals surface area contributed by atoms with Gasteiger partial charge in [0, 0.05) is 48.0 Å². The van der Waals surface area contributed by atoms with E-state index in [2.05, 4.69) is 58.9 Å². The first kappa shape index (κ1) is 43.2. The van der Waals surface area contributed by atoms with Crippen molar-refractivity contribution in [1.82, 2.24) is 35.0 Å². The molecule has 0 saturated carbocycles. The molecule has 1 saturated heterocycles. The number of nitrogens with one attached hydrogen (secondary N) is 3. The summed E-state index contributed by atoms with van der Waals surface area (Å²) in [6.07, 6.45) is 5.43. The van der Waals surface area contributed by atoms with E-state index in [-0.39, 0.29) is 5.28 Å². The lowest BCUT2D eigenvalue weighted by atomic mass is 10.1. The van der Waals surface area contributed by atoms with Crippen molar-refractivity contribution in [2.45, 2.75) is 51.9 Å². The van der Waals surface area contributed by atoms with Crippen LogP contribution in [0, 0.1) is 6.92 Å². The van der Waals surface area contributed by atoms with Crippen LogP contribution in [0.25, 0.3) is 16.5 Å². The number of hydrogen-bond donors (Lipinski definition) is 4. The summed E-state index contributed by atoms with van der Waals surface area (Å²) in [5, 5.41) is 13.4. The van der Waals surface area contributed by atoms with Crippen LogP contribution in [0.4, 0.5) is 41.0 Å². The zero-order chi connectivity index (χ0) is 40.7. The van der Waals surface area contributed by atoms with Crippen molar-refractivity contribution < 1.29 is 27.4 Å². The van der Waals surface area contributed by atoms with E-state index in [0.29, 0.717) is 17.4 Å². The molecule has 7 rings (SSSR count). The molecule has 3 aromatic heterocycles. The minimum absolute atomic E-state index is 0.166. The van der Waals surface area contributed by atoms with E-state index in [1.807, 2.05) is 69.6 Å². The van der Waals surface area contributed by atoms with Crippen LogP contribution in [0.2, 0.25) is 5.28 Å². The van der Waals surface area contributed by atoms with Gasteiger partial charge >= 0.3 is 12.3 Å². The lowest BCUT2D eigenvalue weighted by Gasteiger charge is -2.19. The van der Waals surface area contributed by atoms with Gasteiger partial charge in [-0.3, -0.25) is 4.99 Å². The first-order valence-corrected chi connectivity index (χ1v) is 17.8. The number of aryl methyl sites for hydroxylation is 1. The van der Waals surface area contributed by atoms with Gasteiger partial charge in [-0.15, -0.1) is 0 Å². The average Bonchev–Trinajstić information content (AvgIpc) is 3.92. The molecule has 0 radical (unpaired) electrons. The number of carbonyl (C=O) groups excluding carboxylic acids is 1. The van der Waals surface area contributed by atoms with Gasteiger partial charge in [0.15, 0.2) is 0 Å². The quantitative estimate of drug-likeness (QED) is 0.125. The van der Waals surface area contributed by atoms with Crippen LogP contribution < -0.4 is 21.7 Å². The minimum atomic E-state index is -4.06. The number of aliphatic imine (C=N–C) groups is 1. The molecule has 18 heteroatoms. The normalized spacial score (nSPS) is 14.7. The molecule has 2 aromatic carbocycles. The first-order valence-electron chi connectivity index (χ1n) is 17.5. The highest BCUT2D eigenvalue weighted by atomic mass is 35.5. The van der Waals surface area contributed by atoms with Crippen LogP contribution in [0.15, 0.2) is 84.3 Å². The summed E-state index contributed by atoms with van der Waals surface area (Å²) in [4.78, 5) is 32.7. The van der Waals surface area contributed by atoms with Crippen LogP contribution in [0.3, 0.4) is 0 Å². The molecule has 0 aliphatic carbocycles. The molecule has 5 heterocycles. The maximum absolute atomic E-state index is 12.2. The van der Waals surface area contributed by atoms with Gasteiger partial charge in [0.2, 0.25) is 5.28 Å². The summed E-state index contributed by atoms with van der Waals surface area (Å²) in [7, 11) is 1.26. The number of nitrogens with two attached hydrogens (primary N) is 1. The Kier molecular flexibility index (Phi) is 15.8. The maximum Gasteiger partial charge on any atom is 0.435 e. The number of halogens is 4. The second-order valence-corrected chi connectivity index (χ2v) is 13.6. The number of fused-ring (bicyclic) bond motifs is 1. The van der Waals surface area contributed by atoms with Crippen molar-refractivity contribution in [2.24, 2.45) is 10.7 Å². The molecule has 298 valence electrons. The van der Waals surface area contributed by atoms with Gasteiger partial charge in [0.05, 0.1) is 31.4 Å². The summed E-state index contributed by atoms with van der Waals surface area (Å²) in [6.45, 7) is 8.81. The first-order chi connectivity index (χ1) is 26.6. The topological polar surface area (TPSA) is 179 Å². The second kappa shape index (κ2) is 20.4.